The number of hydrogen-bond donors (Lipinski definition) is 2. The van der Waals surface area contributed by atoms with Gasteiger partial charge < -0.3 is 15.7 Å². The molecule has 0 aromatic carbocycles. The van der Waals surface area contributed by atoms with E-state index in [2.05, 4.69) is 18.8 Å². The van der Waals surface area contributed by atoms with Crippen molar-refractivity contribution >= 4 is 11.7 Å². The summed E-state index contributed by atoms with van der Waals surface area (Å²) < 4.78 is 0. The molecule has 0 aliphatic carbocycles. The number of aliphatic hydroxyl groups excluding tert-OH is 1. The first-order chi connectivity index (χ1) is 8.40. The zero-order valence-electron chi connectivity index (χ0n) is 11.1. The molecule has 5 heteroatoms. The van der Waals surface area contributed by atoms with Gasteiger partial charge in [0.15, 0.2) is 0 Å². The van der Waals surface area contributed by atoms with Crippen LogP contribution in [0.3, 0.4) is 0 Å². The van der Waals surface area contributed by atoms with Gasteiger partial charge >= 0.3 is 0 Å². The van der Waals surface area contributed by atoms with Crippen LogP contribution in [-0.2, 0) is 4.79 Å². The summed E-state index contributed by atoms with van der Waals surface area (Å²) >= 11 is 0. The maximum atomic E-state index is 11.1. The second-order valence-electron chi connectivity index (χ2n) is 4.86. The van der Waals surface area contributed by atoms with Crippen molar-refractivity contribution in [3.8, 4) is 0 Å². The Bertz CT molecular complexity index is 405. The Morgan fingerprint density at radius 1 is 1.50 bits per heavy atom. The third-order valence-corrected chi connectivity index (χ3v) is 2.51. The van der Waals surface area contributed by atoms with E-state index in [1.807, 2.05) is 4.90 Å². The number of primary amides is 1. The molecule has 1 rings (SSSR count). The highest BCUT2D eigenvalue weighted by Crippen LogP contribution is 2.18. The molecule has 0 fully saturated rings. The number of hydrogen-bond acceptors (Lipinski definition) is 4. The van der Waals surface area contributed by atoms with E-state index in [1.165, 1.54) is 0 Å². The fourth-order valence-electron chi connectivity index (χ4n) is 1.73. The van der Waals surface area contributed by atoms with Gasteiger partial charge in [-0.25, -0.2) is 4.98 Å². The molecule has 0 aliphatic rings. The van der Waals surface area contributed by atoms with E-state index in [9.17, 15) is 9.90 Å². The monoisotopic (exact) mass is 251 g/mol. The van der Waals surface area contributed by atoms with Crippen LogP contribution >= 0.6 is 0 Å². The molecule has 0 saturated heterocycles. The number of amides is 1. The lowest BCUT2D eigenvalue weighted by Crippen LogP contribution is -2.36. The fourth-order valence-corrected chi connectivity index (χ4v) is 1.73. The highest BCUT2D eigenvalue weighted by atomic mass is 16.3. The molecule has 100 valence electrons. The quantitative estimate of drug-likeness (QED) is 0.793. The second-order valence-corrected chi connectivity index (χ2v) is 4.86. The highest BCUT2D eigenvalue weighted by molar-refractivity contribution is 5.79. The summed E-state index contributed by atoms with van der Waals surface area (Å²) in [5.74, 6) is 0.669. The Balaban J connectivity index is 2.96. The summed E-state index contributed by atoms with van der Waals surface area (Å²) in [5.41, 5.74) is 6.02. The molecule has 0 unspecified atom stereocenters. The van der Waals surface area contributed by atoms with E-state index >= 15 is 0 Å². The normalized spacial score (nSPS) is 12.5. The van der Waals surface area contributed by atoms with Crippen molar-refractivity contribution in [2.24, 2.45) is 11.7 Å². The number of anilines is 1. The molecule has 3 N–H and O–H groups in total. The van der Waals surface area contributed by atoms with Crippen LogP contribution in [0.1, 0.15) is 32.4 Å². The molecule has 5 nitrogen and oxygen atoms in total. The van der Waals surface area contributed by atoms with Gasteiger partial charge in [-0.3, -0.25) is 4.79 Å². The van der Waals surface area contributed by atoms with E-state index in [0.717, 1.165) is 5.56 Å². The van der Waals surface area contributed by atoms with E-state index in [0.29, 0.717) is 18.3 Å². The third kappa shape index (κ3) is 4.33. The largest absolute Gasteiger partial charge is 0.389 e. The molecule has 1 heterocycles. The average Bonchev–Trinajstić information content (AvgIpc) is 2.27. The summed E-state index contributed by atoms with van der Waals surface area (Å²) in [6.45, 7) is 6.65. The fraction of sp³-hybridized carbons (Fsp3) is 0.538. The number of rotatable bonds is 6. The lowest BCUT2D eigenvalue weighted by atomic mass is 10.1. The Hall–Kier alpha value is -1.62. The zero-order chi connectivity index (χ0) is 13.7. The smallest absolute Gasteiger partial charge is 0.236 e. The predicted molar refractivity (Wildman–Crippen MR) is 71.1 cm³/mol. The van der Waals surface area contributed by atoms with Gasteiger partial charge in [0.2, 0.25) is 5.91 Å². The van der Waals surface area contributed by atoms with Crippen molar-refractivity contribution in [1.29, 1.82) is 0 Å². The molecular weight excluding hydrogens is 230 g/mol. The first kappa shape index (κ1) is 14.4. The molecule has 1 aromatic heterocycles. The zero-order valence-corrected chi connectivity index (χ0v) is 11.1. The average molecular weight is 251 g/mol. The first-order valence-corrected chi connectivity index (χ1v) is 6.07. The van der Waals surface area contributed by atoms with Gasteiger partial charge in [-0.15, -0.1) is 0 Å². The number of aromatic nitrogens is 1. The Morgan fingerprint density at radius 3 is 2.67 bits per heavy atom. The van der Waals surface area contributed by atoms with Gasteiger partial charge in [0, 0.05) is 12.7 Å². The topological polar surface area (TPSA) is 79.5 Å². The maximum absolute atomic E-state index is 11.1. The highest BCUT2D eigenvalue weighted by Gasteiger charge is 2.13. The molecule has 0 radical (unpaired) electrons. The van der Waals surface area contributed by atoms with Gasteiger partial charge in [0.05, 0.1) is 12.6 Å². The van der Waals surface area contributed by atoms with Crippen LogP contribution in [0.25, 0.3) is 0 Å². The van der Waals surface area contributed by atoms with Crippen molar-refractivity contribution in [2.75, 3.05) is 18.0 Å². The minimum Gasteiger partial charge on any atom is -0.389 e. The van der Waals surface area contributed by atoms with E-state index < -0.39 is 6.10 Å². The summed E-state index contributed by atoms with van der Waals surface area (Å²) in [6.07, 6.45) is 1.08. The summed E-state index contributed by atoms with van der Waals surface area (Å²) in [7, 11) is 0. The van der Waals surface area contributed by atoms with Crippen LogP contribution in [0.2, 0.25) is 0 Å². The Kier molecular flexibility index (Phi) is 5.09. The molecule has 0 saturated carbocycles. The summed E-state index contributed by atoms with van der Waals surface area (Å²) in [5, 5.41) is 9.56. The van der Waals surface area contributed by atoms with Gasteiger partial charge in [0.1, 0.15) is 5.82 Å². The lowest BCUT2D eigenvalue weighted by Gasteiger charge is -2.24. The van der Waals surface area contributed by atoms with Gasteiger partial charge in [0.25, 0.3) is 0 Å². The molecule has 0 aliphatic heterocycles. The molecule has 0 spiro atoms. The van der Waals surface area contributed by atoms with E-state index in [4.69, 9.17) is 5.73 Å². The van der Waals surface area contributed by atoms with Crippen molar-refractivity contribution in [3.63, 3.8) is 0 Å². The number of nitrogens with zero attached hydrogens (tertiary/aromatic N) is 2. The molecule has 1 atom stereocenters. The van der Waals surface area contributed by atoms with E-state index in [1.54, 1.807) is 25.3 Å². The predicted octanol–water partition coefficient (Wildman–Crippen LogP) is 1.08. The first-order valence-electron chi connectivity index (χ1n) is 6.07. The minimum atomic E-state index is -0.554. The maximum Gasteiger partial charge on any atom is 0.236 e. The number of pyridine rings is 1. The molecular formula is C13H21N3O2. The molecule has 18 heavy (non-hydrogen) atoms. The molecule has 1 amide bonds. The van der Waals surface area contributed by atoms with Gasteiger partial charge in [-0.2, -0.15) is 0 Å². The van der Waals surface area contributed by atoms with Crippen molar-refractivity contribution in [1.82, 2.24) is 4.98 Å². The SMILES string of the molecule is CC(C)CN(CC(N)=O)c1cc([C@H](C)O)ccn1. The number of carbonyl (C=O) groups is 1. The number of carbonyl (C=O) groups excluding carboxylic acids is 1. The summed E-state index contributed by atoms with van der Waals surface area (Å²) in [6, 6.07) is 3.54. The van der Waals surface area contributed by atoms with Crippen LogP contribution in [0.5, 0.6) is 0 Å². The third-order valence-electron chi connectivity index (χ3n) is 2.51. The van der Waals surface area contributed by atoms with Crippen molar-refractivity contribution < 1.29 is 9.90 Å². The Morgan fingerprint density at radius 2 is 2.17 bits per heavy atom. The van der Waals surface area contributed by atoms with Crippen LogP contribution in [0.4, 0.5) is 5.82 Å². The van der Waals surface area contributed by atoms with Crippen molar-refractivity contribution in [2.45, 2.75) is 26.9 Å². The van der Waals surface area contributed by atoms with Crippen LogP contribution in [-0.4, -0.2) is 29.1 Å². The van der Waals surface area contributed by atoms with Crippen LogP contribution in [0, 0.1) is 5.92 Å². The number of nitrogens with two attached hydrogens (primary N) is 1. The lowest BCUT2D eigenvalue weighted by molar-refractivity contribution is -0.116. The van der Waals surface area contributed by atoms with Crippen LogP contribution in [0.15, 0.2) is 18.3 Å². The van der Waals surface area contributed by atoms with Gasteiger partial charge in [-0.05, 0) is 30.5 Å². The van der Waals surface area contributed by atoms with Gasteiger partial charge in [-0.1, -0.05) is 13.8 Å². The van der Waals surface area contributed by atoms with Crippen molar-refractivity contribution in [3.05, 3.63) is 23.9 Å². The van der Waals surface area contributed by atoms with E-state index in [-0.39, 0.29) is 12.5 Å². The Labute approximate surface area is 108 Å². The second kappa shape index (κ2) is 6.35. The standard InChI is InChI=1S/C13H21N3O2/c1-9(2)7-16(8-12(14)18)13-6-11(10(3)17)4-5-15-13/h4-6,9-10,17H,7-8H2,1-3H3,(H2,14,18)/t10-/m0/s1. The summed E-state index contributed by atoms with van der Waals surface area (Å²) in [4.78, 5) is 17.2. The minimum absolute atomic E-state index is 0.133. The number of aliphatic hydroxyl groups is 1. The molecule has 0 bridgehead atoms. The molecule has 1 aromatic rings. The van der Waals surface area contributed by atoms with Crippen LogP contribution < -0.4 is 10.6 Å².